The zero-order valence-corrected chi connectivity index (χ0v) is 14.7. The highest BCUT2D eigenvalue weighted by molar-refractivity contribution is 8.00. The molecule has 0 fully saturated rings. The molecular formula is C17H15ClN2O4S. The number of hydrogen-bond donors (Lipinski definition) is 2. The van der Waals surface area contributed by atoms with Gasteiger partial charge in [0.05, 0.1) is 16.5 Å². The van der Waals surface area contributed by atoms with Crippen LogP contribution in [0.5, 0.6) is 11.5 Å². The molecule has 0 bridgehead atoms. The minimum Gasteiger partial charge on any atom is -0.486 e. The van der Waals surface area contributed by atoms with Gasteiger partial charge in [-0.25, -0.2) is 0 Å². The monoisotopic (exact) mass is 378 g/mol. The van der Waals surface area contributed by atoms with Gasteiger partial charge < -0.3 is 20.5 Å². The number of halogens is 1. The van der Waals surface area contributed by atoms with Gasteiger partial charge in [0.25, 0.3) is 5.91 Å². The molecule has 0 unspecified atom stereocenters. The minimum atomic E-state index is -0.426. The van der Waals surface area contributed by atoms with E-state index in [-0.39, 0.29) is 11.7 Å². The molecule has 8 heteroatoms. The molecule has 0 radical (unpaired) electrons. The molecule has 0 saturated carbocycles. The molecule has 130 valence electrons. The predicted molar refractivity (Wildman–Crippen MR) is 96.8 cm³/mol. The number of carbonyl (C=O) groups excluding carboxylic acids is 2. The van der Waals surface area contributed by atoms with E-state index in [4.69, 9.17) is 26.8 Å². The summed E-state index contributed by atoms with van der Waals surface area (Å²) in [6, 6.07) is 10.3. The number of rotatable bonds is 5. The van der Waals surface area contributed by atoms with Gasteiger partial charge in [-0.3, -0.25) is 9.59 Å². The van der Waals surface area contributed by atoms with E-state index in [9.17, 15) is 9.59 Å². The van der Waals surface area contributed by atoms with Crippen LogP contribution >= 0.6 is 23.4 Å². The molecular weight excluding hydrogens is 364 g/mol. The molecule has 3 N–H and O–H groups in total. The number of fused-ring (bicyclic) bond motifs is 1. The summed E-state index contributed by atoms with van der Waals surface area (Å²) in [5.41, 5.74) is 6.12. The maximum Gasteiger partial charge on any atom is 0.255 e. The Morgan fingerprint density at radius 2 is 1.96 bits per heavy atom. The van der Waals surface area contributed by atoms with Crippen molar-refractivity contribution in [3.8, 4) is 11.5 Å². The first-order valence-electron chi connectivity index (χ1n) is 7.45. The average Bonchev–Trinajstić information content (AvgIpc) is 2.61. The van der Waals surface area contributed by atoms with E-state index >= 15 is 0 Å². The van der Waals surface area contributed by atoms with Crippen LogP contribution in [0, 0.1) is 0 Å². The first-order valence-corrected chi connectivity index (χ1v) is 8.81. The van der Waals surface area contributed by atoms with E-state index < -0.39 is 5.91 Å². The largest absolute Gasteiger partial charge is 0.486 e. The summed E-state index contributed by atoms with van der Waals surface area (Å²) in [4.78, 5) is 24.3. The predicted octanol–water partition coefficient (Wildman–Crippen LogP) is 2.94. The number of benzene rings is 2. The van der Waals surface area contributed by atoms with E-state index in [1.54, 1.807) is 24.3 Å². The van der Waals surface area contributed by atoms with Crippen molar-refractivity contribution in [1.82, 2.24) is 0 Å². The summed E-state index contributed by atoms with van der Waals surface area (Å²) in [7, 11) is 0. The summed E-state index contributed by atoms with van der Waals surface area (Å²) in [6.45, 7) is 0.823. The molecule has 6 nitrogen and oxygen atoms in total. The van der Waals surface area contributed by atoms with Crippen LogP contribution in [0.3, 0.4) is 0 Å². The number of carbonyl (C=O) groups is 2. The molecule has 0 saturated heterocycles. The van der Waals surface area contributed by atoms with Crippen molar-refractivity contribution < 1.29 is 19.1 Å². The summed E-state index contributed by atoms with van der Waals surface area (Å²) in [5.74, 6) is 0.251. The van der Waals surface area contributed by atoms with Gasteiger partial charge in [-0.15, -0.1) is 11.8 Å². The first-order chi connectivity index (χ1) is 12.0. The zero-order chi connectivity index (χ0) is 17.8. The third-order valence-electron chi connectivity index (χ3n) is 3.36. The van der Waals surface area contributed by atoms with E-state index in [1.165, 1.54) is 17.8 Å². The second-order valence-corrected chi connectivity index (χ2v) is 6.61. The fourth-order valence-electron chi connectivity index (χ4n) is 2.28. The maximum absolute atomic E-state index is 12.6. The van der Waals surface area contributed by atoms with Gasteiger partial charge in [-0.2, -0.15) is 0 Å². The van der Waals surface area contributed by atoms with Crippen LogP contribution in [0.25, 0.3) is 0 Å². The van der Waals surface area contributed by atoms with Crippen LogP contribution in [0.2, 0.25) is 5.02 Å². The zero-order valence-electron chi connectivity index (χ0n) is 13.1. The lowest BCUT2D eigenvalue weighted by Crippen LogP contribution is -2.18. The quantitative estimate of drug-likeness (QED) is 0.780. The lowest BCUT2D eigenvalue weighted by atomic mass is 10.1. The number of hydrogen-bond acceptors (Lipinski definition) is 5. The molecule has 0 atom stereocenters. The third kappa shape index (κ3) is 4.18. The topological polar surface area (TPSA) is 90.7 Å². The molecule has 2 aromatic carbocycles. The number of primary amides is 1. The van der Waals surface area contributed by atoms with Gasteiger partial charge >= 0.3 is 0 Å². The Kier molecular flexibility index (Phi) is 5.35. The normalized spacial score (nSPS) is 12.5. The van der Waals surface area contributed by atoms with Crippen LogP contribution in [0.4, 0.5) is 5.69 Å². The molecule has 0 aromatic heterocycles. The van der Waals surface area contributed by atoms with Crippen LogP contribution < -0.4 is 20.5 Å². The lowest BCUT2D eigenvalue weighted by Gasteiger charge is -2.20. The maximum atomic E-state index is 12.6. The molecule has 25 heavy (non-hydrogen) atoms. The summed E-state index contributed by atoms with van der Waals surface area (Å²) < 4.78 is 10.9. The van der Waals surface area contributed by atoms with Gasteiger partial charge in [0.2, 0.25) is 5.91 Å². The van der Waals surface area contributed by atoms with Crippen molar-refractivity contribution in [3.63, 3.8) is 0 Å². The van der Waals surface area contributed by atoms with Crippen LogP contribution in [0.1, 0.15) is 10.4 Å². The Morgan fingerprint density at radius 3 is 2.76 bits per heavy atom. The second-order valence-electron chi connectivity index (χ2n) is 5.19. The first kappa shape index (κ1) is 17.4. The fraction of sp³-hybridized carbons (Fsp3) is 0.176. The van der Waals surface area contributed by atoms with Gasteiger partial charge in [0, 0.05) is 10.5 Å². The lowest BCUT2D eigenvalue weighted by molar-refractivity contribution is -0.115. The number of nitrogens with two attached hydrogens (primary N) is 1. The Hall–Kier alpha value is -2.38. The number of thioether (sulfide) groups is 1. The molecule has 2 amide bonds. The number of anilines is 1. The number of para-hydroxylation sites is 1. The van der Waals surface area contributed by atoms with E-state index in [2.05, 4.69) is 5.32 Å². The Bertz CT molecular complexity index is 828. The van der Waals surface area contributed by atoms with Crippen LogP contribution in [-0.2, 0) is 4.79 Å². The molecule has 3 rings (SSSR count). The highest BCUT2D eigenvalue weighted by atomic mass is 35.5. The van der Waals surface area contributed by atoms with E-state index in [0.29, 0.717) is 41.0 Å². The van der Waals surface area contributed by atoms with Gasteiger partial charge in [-0.1, -0.05) is 23.7 Å². The van der Waals surface area contributed by atoms with Crippen LogP contribution in [0.15, 0.2) is 41.3 Å². The smallest absolute Gasteiger partial charge is 0.255 e. The van der Waals surface area contributed by atoms with E-state index in [1.807, 2.05) is 6.07 Å². The molecule has 2 aromatic rings. The Balaban J connectivity index is 1.81. The fourth-order valence-corrected chi connectivity index (χ4v) is 3.29. The van der Waals surface area contributed by atoms with Crippen molar-refractivity contribution in [2.24, 2.45) is 5.73 Å². The number of amides is 2. The Labute approximate surface area is 153 Å². The second kappa shape index (κ2) is 7.67. The summed E-state index contributed by atoms with van der Waals surface area (Å²) >= 11 is 7.43. The van der Waals surface area contributed by atoms with E-state index in [0.717, 1.165) is 4.90 Å². The minimum absolute atomic E-state index is 0.128. The molecule has 1 heterocycles. The number of nitrogens with one attached hydrogen (secondary N) is 1. The SMILES string of the molecule is NC(=O)CSc1ccccc1NC(=O)c1cc(Cl)c2c(c1)OCCO2. The van der Waals surface area contributed by atoms with Crippen molar-refractivity contribution in [3.05, 3.63) is 47.0 Å². The third-order valence-corrected chi connectivity index (χ3v) is 4.74. The summed E-state index contributed by atoms with van der Waals surface area (Å²) in [6.07, 6.45) is 0. The standard InChI is InChI=1S/C17H15ClN2O4S/c18-11-7-10(8-13-16(11)24-6-5-23-13)17(22)20-12-3-1-2-4-14(12)25-9-15(19)21/h1-4,7-8H,5-6,9H2,(H2,19,21)(H,20,22). The van der Waals surface area contributed by atoms with Gasteiger partial charge in [0.1, 0.15) is 13.2 Å². The van der Waals surface area contributed by atoms with Crippen molar-refractivity contribution >= 4 is 40.9 Å². The molecule has 1 aliphatic rings. The highest BCUT2D eigenvalue weighted by Crippen LogP contribution is 2.38. The van der Waals surface area contributed by atoms with Gasteiger partial charge in [-0.05, 0) is 24.3 Å². The van der Waals surface area contributed by atoms with Crippen molar-refractivity contribution in [2.75, 3.05) is 24.3 Å². The summed E-state index contributed by atoms with van der Waals surface area (Å²) in [5, 5.41) is 3.14. The molecule has 1 aliphatic heterocycles. The van der Waals surface area contributed by atoms with Crippen LogP contribution in [-0.4, -0.2) is 30.8 Å². The Morgan fingerprint density at radius 1 is 1.20 bits per heavy atom. The molecule has 0 aliphatic carbocycles. The molecule has 0 spiro atoms. The number of ether oxygens (including phenoxy) is 2. The van der Waals surface area contributed by atoms with Crippen molar-refractivity contribution in [2.45, 2.75) is 4.90 Å². The van der Waals surface area contributed by atoms with Gasteiger partial charge in [0.15, 0.2) is 11.5 Å². The highest BCUT2D eigenvalue weighted by Gasteiger charge is 2.20. The van der Waals surface area contributed by atoms with Crippen molar-refractivity contribution in [1.29, 1.82) is 0 Å². The average molecular weight is 379 g/mol.